The summed E-state index contributed by atoms with van der Waals surface area (Å²) in [5.74, 6) is 1.69. The van der Waals surface area contributed by atoms with Gasteiger partial charge in [0.15, 0.2) is 5.96 Å². The van der Waals surface area contributed by atoms with Gasteiger partial charge in [-0.3, -0.25) is 14.7 Å². The first-order valence-electron chi connectivity index (χ1n) is 10.2. The van der Waals surface area contributed by atoms with Crippen molar-refractivity contribution >= 4 is 11.9 Å². The zero-order chi connectivity index (χ0) is 20.4. The minimum absolute atomic E-state index is 0.00292. The van der Waals surface area contributed by atoms with E-state index in [1.807, 2.05) is 26.0 Å². The van der Waals surface area contributed by atoms with Crippen molar-refractivity contribution in [2.45, 2.75) is 32.7 Å². The Bertz CT molecular complexity index is 624. The average molecular weight is 390 g/mol. The summed E-state index contributed by atoms with van der Waals surface area (Å²) in [6.07, 6.45) is 2.49. The Morgan fingerprint density at radius 2 is 1.75 bits per heavy atom. The predicted molar refractivity (Wildman–Crippen MR) is 114 cm³/mol. The summed E-state index contributed by atoms with van der Waals surface area (Å²) in [7, 11) is 3.45. The number of methoxy groups -OCH3 is 1. The van der Waals surface area contributed by atoms with Crippen LogP contribution in [0.2, 0.25) is 0 Å². The molecule has 0 aliphatic carbocycles. The first-order chi connectivity index (χ1) is 13.5. The molecule has 1 amide bonds. The molecule has 0 saturated carbocycles. The number of aliphatic imine (C=N–C) groups is 1. The number of nitrogens with zero attached hydrogens (tertiary/aromatic N) is 2. The molecule has 2 rings (SSSR count). The Hall–Kier alpha value is -2.28. The SMILES string of the molecule is CN=C(NCCNC(=O)C(C)C)NCC(c1ccc(OC)cc1)N1CCCC1. The Morgan fingerprint density at radius 3 is 2.32 bits per heavy atom. The van der Waals surface area contributed by atoms with Crippen LogP contribution >= 0.6 is 0 Å². The van der Waals surface area contributed by atoms with Crippen LogP contribution in [-0.4, -0.2) is 63.6 Å². The summed E-state index contributed by atoms with van der Waals surface area (Å²) in [4.78, 5) is 18.4. The van der Waals surface area contributed by atoms with E-state index in [9.17, 15) is 4.79 Å². The summed E-state index contributed by atoms with van der Waals surface area (Å²) in [5.41, 5.74) is 1.27. The maximum Gasteiger partial charge on any atom is 0.222 e. The van der Waals surface area contributed by atoms with E-state index in [1.54, 1.807) is 14.2 Å². The summed E-state index contributed by atoms with van der Waals surface area (Å²) in [6.45, 7) is 7.99. The number of benzene rings is 1. The lowest BCUT2D eigenvalue weighted by atomic mass is 10.1. The third-order valence-corrected chi connectivity index (χ3v) is 5.01. The monoisotopic (exact) mass is 389 g/mol. The van der Waals surface area contributed by atoms with E-state index in [4.69, 9.17) is 4.74 Å². The smallest absolute Gasteiger partial charge is 0.222 e. The molecule has 1 saturated heterocycles. The lowest BCUT2D eigenvalue weighted by molar-refractivity contribution is -0.123. The molecule has 0 spiro atoms. The van der Waals surface area contributed by atoms with Crippen molar-refractivity contribution < 1.29 is 9.53 Å². The Labute approximate surface area is 168 Å². The molecule has 7 nitrogen and oxygen atoms in total. The lowest BCUT2D eigenvalue weighted by Crippen LogP contribution is -2.45. The molecule has 1 atom stereocenters. The summed E-state index contributed by atoms with van der Waals surface area (Å²) >= 11 is 0. The number of carbonyl (C=O) groups excluding carboxylic acids is 1. The van der Waals surface area contributed by atoms with Crippen molar-refractivity contribution in [2.24, 2.45) is 10.9 Å². The van der Waals surface area contributed by atoms with Gasteiger partial charge in [-0.2, -0.15) is 0 Å². The van der Waals surface area contributed by atoms with E-state index >= 15 is 0 Å². The third kappa shape index (κ3) is 6.71. The predicted octanol–water partition coefficient (Wildman–Crippen LogP) is 1.77. The molecule has 3 N–H and O–H groups in total. The minimum atomic E-state index is 0.00292. The maximum atomic E-state index is 11.6. The molecule has 1 unspecified atom stereocenters. The van der Waals surface area contributed by atoms with Crippen LogP contribution in [0.4, 0.5) is 0 Å². The van der Waals surface area contributed by atoms with Gasteiger partial charge in [0, 0.05) is 32.6 Å². The Morgan fingerprint density at radius 1 is 1.11 bits per heavy atom. The van der Waals surface area contributed by atoms with Crippen LogP contribution in [0.25, 0.3) is 0 Å². The summed E-state index contributed by atoms with van der Waals surface area (Å²) in [5, 5.41) is 9.61. The van der Waals surface area contributed by atoms with Crippen molar-refractivity contribution in [1.82, 2.24) is 20.9 Å². The molecule has 1 aromatic carbocycles. The number of ether oxygens (including phenoxy) is 1. The van der Waals surface area contributed by atoms with Crippen LogP contribution in [0.1, 0.15) is 38.3 Å². The summed E-state index contributed by atoms with van der Waals surface area (Å²) in [6, 6.07) is 8.60. The van der Waals surface area contributed by atoms with Gasteiger partial charge in [0.25, 0.3) is 0 Å². The summed E-state index contributed by atoms with van der Waals surface area (Å²) < 4.78 is 5.29. The lowest BCUT2D eigenvalue weighted by Gasteiger charge is -2.29. The molecule has 1 heterocycles. The van der Waals surface area contributed by atoms with Gasteiger partial charge in [-0.1, -0.05) is 26.0 Å². The normalized spacial score (nSPS) is 16.1. The molecule has 1 aliphatic rings. The minimum Gasteiger partial charge on any atom is -0.497 e. The van der Waals surface area contributed by atoms with E-state index in [0.29, 0.717) is 13.1 Å². The standard InChI is InChI=1S/C21H35N5O2/c1-16(2)20(27)23-11-12-24-21(22-3)25-15-19(26-13-5-6-14-26)17-7-9-18(28-4)10-8-17/h7-10,16,19H,5-6,11-15H2,1-4H3,(H,23,27)(H2,22,24,25). The number of hydrogen-bond donors (Lipinski definition) is 3. The molecule has 156 valence electrons. The number of likely N-dealkylation sites (tertiary alicyclic amines) is 1. The van der Waals surface area contributed by atoms with Gasteiger partial charge in [0.05, 0.1) is 13.2 Å². The van der Waals surface area contributed by atoms with Crippen molar-refractivity contribution in [1.29, 1.82) is 0 Å². The zero-order valence-corrected chi connectivity index (χ0v) is 17.6. The van der Waals surface area contributed by atoms with Crippen LogP contribution in [0.15, 0.2) is 29.3 Å². The van der Waals surface area contributed by atoms with Gasteiger partial charge in [-0.05, 0) is 43.6 Å². The Balaban J connectivity index is 1.89. The largest absolute Gasteiger partial charge is 0.497 e. The fraction of sp³-hybridized carbons (Fsp3) is 0.619. The van der Waals surface area contributed by atoms with Gasteiger partial charge < -0.3 is 20.7 Å². The highest BCUT2D eigenvalue weighted by molar-refractivity contribution is 5.80. The molecule has 0 aromatic heterocycles. The first kappa shape index (κ1) is 22.0. The van der Waals surface area contributed by atoms with Crippen LogP contribution < -0.4 is 20.7 Å². The van der Waals surface area contributed by atoms with Gasteiger partial charge in [0.1, 0.15) is 5.75 Å². The molecular weight excluding hydrogens is 354 g/mol. The molecule has 1 aromatic rings. The van der Waals surface area contributed by atoms with Crippen LogP contribution in [0.3, 0.4) is 0 Å². The van der Waals surface area contributed by atoms with Gasteiger partial charge >= 0.3 is 0 Å². The molecular formula is C21H35N5O2. The second-order valence-corrected chi connectivity index (χ2v) is 7.36. The first-order valence-corrected chi connectivity index (χ1v) is 10.2. The van der Waals surface area contributed by atoms with E-state index in [0.717, 1.165) is 31.3 Å². The van der Waals surface area contributed by atoms with Gasteiger partial charge in [0.2, 0.25) is 5.91 Å². The van der Waals surface area contributed by atoms with Crippen molar-refractivity contribution in [3.05, 3.63) is 29.8 Å². The number of nitrogens with one attached hydrogen (secondary N) is 3. The highest BCUT2D eigenvalue weighted by Crippen LogP contribution is 2.26. The van der Waals surface area contributed by atoms with Crippen LogP contribution in [-0.2, 0) is 4.79 Å². The number of hydrogen-bond acceptors (Lipinski definition) is 4. The number of guanidine groups is 1. The van der Waals surface area contributed by atoms with Crippen LogP contribution in [0.5, 0.6) is 5.75 Å². The number of carbonyl (C=O) groups is 1. The van der Waals surface area contributed by atoms with E-state index in [2.05, 4.69) is 38.0 Å². The third-order valence-electron chi connectivity index (χ3n) is 5.01. The second-order valence-electron chi connectivity index (χ2n) is 7.36. The molecule has 0 bridgehead atoms. The quantitative estimate of drug-likeness (QED) is 0.341. The van der Waals surface area contributed by atoms with Gasteiger partial charge in [-0.15, -0.1) is 0 Å². The van der Waals surface area contributed by atoms with E-state index < -0.39 is 0 Å². The van der Waals surface area contributed by atoms with Crippen molar-refractivity contribution in [2.75, 3.05) is 46.9 Å². The van der Waals surface area contributed by atoms with Gasteiger partial charge in [-0.25, -0.2) is 0 Å². The molecule has 0 radical (unpaired) electrons. The van der Waals surface area contributed by atoms with E-state index in [-0.39, 0.29) is 17.9 Å². The van der Waals surface area contributed by atoms with Crippen molar-refractivity contribution in [3.63, 3.8) is 0 Å². The Kier molecular flexibility index (Phi) is 9.07. The fourth-order valence-corrected chi connectivity index (χ4v) is 3.32. The second kappa shape index (κ2) is 11.5. The maximum absolute atomic E-state index is 11.6. The topological polar surface area (TPSA) is 78.0 Å². The van der Waals surface area contributed by atoms with E-state index in [1.165, 1.54) is 18.4 Å². The highest BCUT2D eigenvalue weighted by Gasteiger charge is 2.23. The highest BCUT2D eigenvalue weighted by atomic mass is 16.5. The number of amides is 1. The molecule has 1 aliphatic heterocycles. The molecule has 1 fully saturated rings. The fourth-order valence-electron chi connectivity index (χ4n) is 3.32. The average Bonchev–Trinajstić information content (AvgIpc) is 3.24. The number of rotatable bonds is 9. The molecule has 28 heavy (non-hydrogen) atoms. The zero-order valence-electron chi connectivity index (χ0n) is 17.6. The molecule has 7 heteroatoms. The van der Waals surface area contributed by atoms with Crippen molar-refractivity contribution in [3.8, 4) is 5.75 Å². The van der Waals surface area contributed by atoms with Crippen LogP contribution in [0, 0.1) is 5.92 Å².